The second-order valence-electron chi connectivity index (χ2n) is 7.82. The monoisotopic (exact) mass is 346 g/mol. The van der Waals surface area contributed by atoms with Gasteiger partial charge < -0.3 is 5.11 Å². The van der Waals surface area contributed by atoms with Crippen LogP contribution in [0, 0.1) is 11.8 Å². The Bertz CT molecular complexity index is 412. The van der Waals surface area contributed by atoms with E-state index >= 15 is 0 Å². The predicted molar refractivity (Wildman–Crippen MR) is 111 cm³/mol. The highest BCUT2D eigenvalue weighted by Gasteiger charge is 2.28. The van der Waals surface area contributed by atoms with Crippen LogP contribution in [0.25, 0.3) is 0 Å². The first kappa shape index (κ1) is 22.3. The first-order valence-electron chi connectivity index (χ1n) is 11.1. The average Bonchev–Trinajstić information content (AvgIpc) is 2.59. The molecule has 1 aliphatic rings. The molecular weight excluding hydrogens is 304 g/mol. The zero-order valence-electron chi connectivity index (χ0n) is 17.0. The Morgan fingerprint density at radius 1 is 0.880 bits per heavy atom. The molecular formula is C24H42O. The molecule has 0 aliphatic heterocycles. The van der Waals surface area contributed by atoms with Crippen molar-refractivity contribution in [2.45, 2.75) is 129 Å². The van der Waals surface area contributed by atoms with Crippen LogP contribution in [-0.4, -0.2) is 10.7 Å². The van der Waals surface area contributed by atoms with Crippen LogP contribution in [0.5, 0.6) is 0 Å². The quantitative estimate of drug-likeness (QED) is 0.290. The van der Waals surface area contributed by atoms with E-state index in [-0.39, 0.29) is 0 Å². The molecule has 144 valence electrons. The summed E-state index contributed by atoms with van der Waals surface area (Å²) >= 11 is 0. The summed E-state index contributed by atoms with van der Waals surface area (Å²) in [5, 5.41) is 11.4. The molecule has 1 nitrogen and oxygen atoms in total. The number of allylic oxidation sites excluding steroid dienone is 1. The largest absolute Gasteiger partial charge is 0.374 e. The lowest BCUT2D eigenvalue weighted by Crippen LogP contribution is -2.29. The van der Waals surface area contributed by atoms with Crippen molar-refractivity contribution in [1.29, 1.82) is 0 Å². The van der Waals surface area contributed by atoms with Crippen LogP contribution in [0.4, 0.5) is 0 Å². The molecule has 0 amide bonds. The van der Waals surface area contributed by atoms with Crippen LogP contribution in [0.2, 0.25) is 0 Å². The molecule has 0 radical (unpaired) electrons. The number of unbranched alkanes of at least 4 members (excludes halogenated alkanes) is 4. The van der Waals surface area contributed by atoms with Crippen LogP contribution in [0.15, 0.2) is 11.6 Å². The second kappa shape index (κ2) is 14.4. The summed E-state index contributed by atoms with van der Waals surface area (Å²) in [5.74, 6) is 6.55. The molecule has 0 spiro atoms. The highest BCUT2D eigenvalue weighted by Crippen LogP contribution is 2.30. The maximum atomic E-state index is 11.4. The molecule has 1 unspecified atom stereocenters. The van der Waals surface area contributed by atoms with Crippen molar-refractivity contribution in [3.63, 3.8) is 0 Å². The maximum Gasteiger partial charge on any atom is 0.146 e. The smallest absolute Gasteiger partial charge is 0.146 e. The molecule has 0 saturated carbocycles. The van der Waals surface area contributed by atoms with Crippen molar-refractivity contribution in [2.24, 2.45) is 0 Å². The number of hydrogen-bond acceptors (Lipinski definition) is 1. The van der Waals surface area contributed by atoms with Gasteiger partial charge in [-0.2, -0.15) is 0 Å². The molecule has 0 saturated heterocycles. The Morgan fingerprint density at radius 3 is 2.24 bits per heavy atom. The van der Waals surface area contributed by atoms with E-state index in [2.05, 4.69) is 31.8 Å². The van der Waals surface area contributed by atoms with Crippen LogP contribution in [-0.2, 0) is 0 Å². The summed E-state index contributed by atoms with van der Waals surface area (Å²) in [6, 6.07) is 0. The summed E-state index contributed by atoms with van der Waals surface area (Å²) < 4.78 is 0. The third-order valence-corrected chi connectivity index (χ3v) is 5.38. The summed E-state index contributed by atoms with van der Waals surface area (Å²) in [7, 11) is 0. The van der Waals surface area contributed by atoms with Gasteiger partial charge in [0.25, 0.3) is 0 Å². The van der Waals surface area contributed by atoms with E-state index in [0.717, 1.165) is 38.5 Å². The minimum atomic E-state index is -0.868. The van der Waals surface area contributed by atoms with Crippen molar-refractivity contribution in [3.05, 3.63) is 11.6 Å². The van der Waals surface area contributed by atoms with Crippen molar-refractivity contribution < 1.29 is 5.11 Å². The standard InChI is InChI=1S/C24H42O/c1-3-5-7-18-22-24(25,21-17-6-4-2)23-19-15-13-11-9-8-10-12-14-16-20-23/h19,25H,3-16,18,20,22H2,1-2H3/b23-19+. The van der Waals surface area contributed by atoms with Gasteiger partial charge in [-0.1, -0.05) is 89.6 Å². The Labute approximate surface area is 157 Å². The Hall–Kier alpha value is -0.740. The molecule has 1 aliphatic carbocycles. The Morgan fingerprint density at radius 2 is 1.56 bits per heavy atom. The van der Waals surface area contributed by atoms with Gasteiger partial charge >= 0.3 is 0 Å². The molecule has 1 heteroatoms. The molecule has 1 atom stereocenters. The van der Waals surface area contributed by atoms with Crippen molar-refractivity contribution in [1.82, 2.24) is 0 Å². The van der Waals surface area contributed by atoms with Gasteiger partial charge in [-0.05, 0) is 50.5 Å². The Balaban J connectivity index is 2.82. The van der Waals surface area contributed by atoms with E-state index < -0.39 is 5.60 Å². The van der Waals surface area contributed by atoms with E-state index in [4.69, 9.17) is 0 Å². The predicted octanol–water partition coefficient (Wildman–Crippen LogP) is 7.33. The molecule has 0 aromatic rings. The van der Waals surface area contributed by atoms with E-state index in [1.54, 1.807) is 0 Å². The summed E-state index contributed by atoms with van der Waals surface area (Å²) in [4.78, 5) is 0. The van der Waals surface area contributed by atoms with Crippen molar-refractivity contribution in [2.75, 3.05) is 0 Å². The maximum absolute atomic E-state index is 11.4. The minimum absolute atomic E-state index is 0.815. The Kier molecular flexibility index (Phi) is 12.9. The lowest BCUT2D eigenvalue weighted by molar-refractivity contribution is 0.121. The molecule has 0 heterocycles. The van der Waals surface area contributed by atoms with Gasteiger partial charge in [0.1, 0.15) is 5.60 Å². The third kappa shape index (κ3) is 10.1. The van der Waals surface area contributed by atoms with Crippen molar-refractivity contribution >= 4 is 0 Å². The number of aliphatic hydroxyl groups is 1. The van der Waals surface area contributed by atoms with Crippen LogP contribution in [0.1, 0.15) is 123 Å². The average molecular weight is 347 g/mol. The van der Waals surface area contributed by atoms with Crippen LogP contribution >= 0.6 is 0 Å². The summed E-state index contributed by atoms with van der Waals surface area (Å²) in [6.45, 7) is 4.40. The first-order valence-corrected chi connectivity index (χ1v) is 11.1. The van der Waals surface area contributed by atoms with Gasteiger partial charge in [-0.3, -0.25) is 0 Å². The van der Waals surface area contributed by atoms with E-state index in [1.165, 1.54) is 76.2 Å². The molecule has 0 fully saturated rings. The lowest BCUT2D eigenvalue weighted by atomic mass is 9.84. The van der Waals surface area contributed by atoms with Gasteiger partial charge in [0.15, 0.2) is 0 Å². The first-order chi connectivity index (χ1) is 12.2. The summed E-state index contributed by atoms with van der Waals surface area (Å²) in [6.07, 6.45) is 22.7. The number of rotatable bonds is 7. The van der Waals surface area contributed by atoms with Crippen molar-refractivity contribution in [3.8, 4) is 11.8 Å². The number of hydrogen-bond donors (Lipinski definition) is 1. The van der Waals surface area contributed by atoms with Gasteiger partial charge in [0.05, 0.1) is 0 Å². The van der Waals surface area contributed by atoms with Gasteiger partial charge in [0.2, 0.25) is 0 Å². The SMILES string of the molecule is CCCC#CC(O)(CCCCCC)/C1=C/CCCCCCCCCC1. The molecule has 1 N–H and O–H groups in total. The fraction of sp³-hybridized carbons (Fsp3) is 0.833. The molecule has 1 rings (SSSR count). The highest BCUT2D eigenvalue weighted by molar-refractivity contribution is 5.31. The molecule has 0 aromatic heterocycles. The zero-order valence-corrected chi connectivity index (χ0v) is 17.0. The molecule has 0 bridgehead atoms. The van der Waals surface area contributed by atoms with Gasteiger partial charge in [-0.25, -0.2) is 0 Å². The lowest BCUT2D eigenvalue weighted by Gasteiger charge is -2.27. The van der Waals surface area contributed by atoms with Gasteiger partial charge in [0, 0.05) is 6.42 Å². The third-order valence-electron chi connectivity index (χ3n) is 5.38. The molecule has 25 heavy (non-hydrogen) atoms. The highest BCUT2D eigenvalue weighted by atomic mass is 16.3. The van der Waals surface area contributed by atoms with Crippen LogP contribution in [0.3, 0.4) is 0 Å². The topological polar surface area (TPSA) is 20.2 Å². The normalized spacial score (nSPS) is 21.6. The minimum Gasteiger partial charge on any atom is -0.374 e. The van der Waals surface area contributed by atoms with E-state index in [1.807, 2.05) is 0 Å². The fourth-order valence-corrected chi connectivity index (χ4v) is 3.72. The van der Waals surface area contributed by atoms with Gasteiger partial charge in [-0.15, -0.1) is 0 Å². The second-order valence-corrected chi connectivity index (χ2v) is 7.82. The molecule has 0 aromatic carbocycles. The van der Waals surface area contributed by atoms with E-state index in [0.29, 0.717) is 0 Å². The van der Waals surface area contributed by atoms with E-state index in [9.17, 15) is 5.11 Å². The fourth-order valence-electron chi connectivity index (χ4n) is 3.72. The van der Waals surface area contributed by atoms with Crippen LogP contribution < -0.4 is 0 Å². The summed E-state index contributed by atoms with van der Waals surface area (Å²) in [5.41, 5.74) is 0.362. The zero-order chi connectivity index (χ0) is 18.2.